The van der Waals surface area contributed by atoms with E-state index in [1.54, 1.807) is 25.8 Å². The Bertz CT molecular complexity index is 1040. The number of benzene rings is 2. The summed E-state index contributed by atoms with van der Waals surface area (Å²) < 4.78 is 6.14. The number of likely N-dealkylation sites (tertiary alicyclic amines) is 1. The Kier molecular flexibility index (Phi) is 7.59. The normalized spacial score (nSPS) is 22.2. The first kappa shape index (κ1) is 26.0. The van der Waals surface area contributed by atoms with Gasteiger partial charge in [0.15, 0.2) is 0 Å². The van der Waals surface area contributed by atoms with E-state index in [-0.39, 0.29) is 18.2 Å². The van der Waals surface area contributed by atoms with Crippen molar-refractivity contribution < 1.29 is 19.4 Å². The molecule has 0 bridgehead atoms. The van der Waals surface area contributed by atoms with E-state index in [0.29, 0.717) is 25.3 Å². The minimum Gasteiger partial charge on any atom is -0.438 e. The molecule has 2 aliphatic rings. The molecule has 0 aromatic heterocycles. The number of nitrogens with one attached hydrogen (secondary N) is 1. The summed E-state index contributed by atoms with van der Waals surface area (Å²) in [4.78, 5) is 28.8. The van der Waals surface area contributed by atoms with Crippen LogP contribution in [-0.2, 0) is 10.3 Å². The fourth-order valence-electron chi connectivity index (χ4n) is 5.69. The van der Waals surface area contributed by atoms with Gasteiger partial charge >= 0.3 is 12.1 Å². The number of hydrogen-bond acceptors (Lipinski definition) is 4. The van der Waals surface area contributed by atoms with Crippen molar-refractivity contribution in [2.45, 2.75) is 69.6 Å². The molecular formula is C29H39N3O4. The molecule has 7 nitrogen and oxygen atoms in total. The molecule has 7 heteroatoms. The lowest BCUT2D eigenvalue weighted by Crippen LogP contribution is -2.51. The Hall–Kier alpha value is -3.06. The van der Waals surface area contributed by atoms with Crippen molar-refractivity contribution in [3.8, 4) is 0 Å². The minimum absolute atomic E-state index is 0.00937. The van der Waals surface area contributed by atoms with Crippen molar-refractivity contribution in [2.24, 2.45) is 0 Å². The number of cyclic esters (lactones) is 1. The Morgan fingerprint density at radius 3 is 2.31 bits per heavy atom. The number of aliphatic hydroxyl groups is 1. The summed E-state index contributed by atoms with van der Waals surface area (Å²) in [5, 5.41) is 13.3. The summed E-state index contributed by atoms with van der Waals surface area (Å²) in [5.41, 5.74) is 1.43. The molecule has 36 heavy (non-hydrogen) atoms. The molecule has 2 aromatic carbocycles. The molecule has 2 fully saturated rings. The molecule has 2 aromatic rings. The van der Waals surface area contributed by atoms with E-state index in [0.717, 1.165) is 37.1 Å². The topological polar surface area (TPSA) is 82.1 Å². The fraction of sp³-hybridized carbons (Fsp3) is 0.517. The maximum absolute atomic E-state index is 13.3. The summed E-state index contributed by atoms with van der Waals surface area (Å²) in [6, 6.07) is 18.1. The third kappa shape index (κ3) is 5.67. The van der Waals surface area contributed by atoms with Crippen LogP contribution in [0.2, 0.25) is 0 Å². The predicted molar refractivity (Wildman–Crippen MR) is 140 cm³/mol. The lowest BCUT2D eigenvalue weighted by molar-refractivity contribution is -0.101. The zero-order chi connectivity index (χ0) is 25.9. The number of rotatable bonds is 6. The highest BCUT2D eigenvalue weighted by molar-refractivity contribution is 5.73. The van der Waals surface area contributed by atoms with Gasteiger partial charge in [0.25, 0.3) is 0 Å². The third-order valence-corrected chi connectivity index (χ3v) is 7.65. The fourth-order valence-corrected chi connectivity index (χ4v) is 5.69. The Balaban J connectivity index is 1.43. The lowest BCUT2D eigenvalue weighted by Gasteiger charge is -2.45. The van der Waals surface area contributed by atoms with Crippen LogP contribution < -0.4 is 5.32 Å². The lowest BCUT2D eigenvalue weighted by atomic mass is 9.80. The van der Waals surface area contributed by atoms with E-state index in [4.69, 9.17) is 4.74 Å². The van der Waals surface area contributed by atoms with E-state index in [2.05, 4.69) is 29.6 Å². The van der Waals surface area contributed by atoms with Crippen LogP contribution in [0.25, 0.3) is 0 Å². The van der Waals surface area contributed by atoms with E-state index in [1.807, 2.05) is 42.2 Å². The number of carbonyl (C=O) groups excluding carboxylic acids is 2. The molecule has 2 N–H and O–H groups in total. The number of ether oxygens (including phenoxy) is 1. The molecule has 3 amide bonds. The summed E-state index contributed by atoms with van der Waals surface area (Å²) in [6.45, 7) is 7.61. The van der Waals surface area contributed by atoms with Crippen molar-refractivity contribution in [2.75, 3.05) is 26.7 Å². The van der Waals surface area contributed by atoms with Crippen molar-refractivity contribution in [1.82, 2.24) is 15.1 Å². The summed E-state index contributed by atoms with van der Waals surface area (Å²) in [5.74, 6) is 0.434. The van der Waals surface area contributed by atoms with Gasteiger partial charge < -0.3 is 25.0 Å². The van der Waals surface area contributed by atoms with Gasteiger partial charge in [-0.05, 0) is 56.2 Å². The van der Waals surface area contributed by atoms with Gasteiger partial charge in [-0.15, -0.1) is 0 Å². The summed E-state index contributed by atoms with van der Waals surface area (Å²) >= 11 is 0. The van der Waals surface area contributed by atoms with Crippen LogP contribution in [0.1, 0.15) is 75.1 Å². The summed E-state index contributed by atoms with van der Waals surface area (Å²) in [6.07, 6.45) is 2.49. The molecule has 2 atom stereocenters. The van der Waals surface area contributed by atoms with Crippen LogP contribution in [0.5, 0.6) is 0 Å². The highest BCUT2D eigenvalue weighted by Crippen LogP contribution is 2.42. The summed E-state index contributed by atoms with van der Waals surface area (Å²) in [7, 11) is 1.67. The Morgan fingerprint density at radius 1 is 1.11 bits per heavy atom. The monoisotopic (exact) mass is 493 g/mol. The number of carbonyl (C=O) groups is 2. The van der Waals surface area contributed by atoms with Crippen molar-refractivity contribution in [1.29, 1.82) is 0 Å². The number of amides is 3. The zero-order valence-electron chi connectivity index (χ0n) is 21.9. The van der Waals surface area contributed by atoms with Gasteiger partial charge in [-0.3, -0.25) is 0 Å². The second kappa shape index (κ2) is 10.5. The quantitative estimate of drug-likeness (QED) is 0.582. The van der Waals surface area contributed by atoms with Gasteiger partial charge in [-0.1, -0.05) is 54.6 Å². The van der Waals surface area contributed by atoms with Crippen molar-refractivity contribution >= 4 is 12.1 Å². The van der Waals surface area contributed by atoms with Crippen LogP contribution in [0.3, 0.4) is 0 Å². The van der Waals surface area contributed by atoms with Crippen LogP contribution in [0.15, 0.2) is 54.6 Å². The Morgan fingerprint density at radius 2 is 1.75 bits per heavy atom. The van der Waals surface area contributed by atoms with Crippen LogP contribution in [0, 0.1) is 0 Å². The average molecular weight is 494 g/mol. The van der Waals surface area contributed by atoms with E-state index < -0.39 is 11.2 Å². The molecule has 2 unspecified atom stereocenters. The predicted octanol–water partition coefficient (Wildman–Crippen LogP) is 5.17. The Labute approximate surface area is 214 Å². The highest BCUT2D eigenvalue weighted by Gasteiger charge is 2.46. The molecule has 2 saturated heterocycles. The van der Waals surface area contributed by atoms with Gasteiger partial charge in [-0.25, -0.2) is 9.59 Å². The standard InChI is InChI=1S/C29H39N3O4/c1-21(22-10-12-23(13-11-22)24-14-17-31(18-15-24)26(33)30-4)32-19-16-29(36-27(32)34,20-28(2,3)35)25-8-6-5-7-9-25/h5-13,21,24,35H,14-20H2,1-4H3,(H,30,33). The molecule has 2 aliphatic heterocycles. The zero-order valence-corrected chi connectivity index (χ0v) is 21.9. The third-order valence-electron chi connectivity index (χ3n) is 7.65. The average Bonchev–Trinajstić information content (AvgIpc) is 2.88. The van der Waals surface area contributed by atoms with Crippen LogP contribution in [-0.4, -0.2) is 59.3 Å². The van der Waals surface area contributed by atoms with Gasteiger partial charge in [-0.2, -0.15) is 0 Å². The maximum atomic E-state index is 13.3. The van der Waals surface area contributed by atoms with Gasteiger partial charge in [0.2, 0.25) is 0 Å². The SMILES string of the molecule is CNC(=O)N1CCC(c2ccc(C(C)N3CCC(CC(C)(C)O)(c4ccccc4)OC3=O)cc2)CC1. The smallest absolute Gasteiger partial charge is 0.411 e. The first-order chi connectivity index (χ1) is 17.1. The molecule has 4 rings (SSSR count). The molecular weight excluding hydrogens is 454 g/mol. The minimum atomic E-state index is -0.976. The second-order valence-electron chi connectivity index (χ2n) is 10.8. The van der Waals surface area contributed by atoms with Gasteiger partial charge in [0.1, 0.15) is 5.60 Å². The number of nitrogens with zero attached hydrogens (tertiary/aromatic N) is 2. The first-order valence-electron chi connectivity index (χ1n) is 13.0. The molecule has 0 aliphatic carbocycles. The van der Waals surface area contributed by atoms with Crippen molar-refractivity contribution in [3.63, 3.8) is 0 Å². The first-order valence-corrected chi connectivity index (χ1v) is 13.0. The highest BCUT2D eigenvalue weighted by atomic mass is 16.6. The van der Waals surface area contributed by atoms with E-state index in [9.17, 15) is 14.7 Å². The number of urea groups is 1. The molecule has 0 radical (unpaired) electrons. The molecule has 2 heterocycles. The van der Waals surface area contributed by atoms with Gasteiger partial charge in [0.05, 0.1) is 11.6 Å². The number of hydrogen-bond donors (Lipinski definition) is 2. The van der Waals surface area contributed by atoms with Crippen molar-refractivity contribution in [3.05, 3.63) is 71.3 Å². The molecule has 0 spiro atoms. The van der Waals surface area contributed by atoms with Crippen LogP contribution in [0.4, 0.5) is 9.59 Å². The van der Waals surface area contributed by atoms with Gasteiger partial charge in [0, 0.05) is 39.5 Å². The number of piperidine rings is 1. The second-order valence-corrected chi connectivity index (χ2v) is 10.8. The molecule has 0 saturated carbocycles. The van der Waals surface area contributed by atoms with E-state index in [1.165, 1.54) is 5.56 Å². The van der Waals surface area contributed by atoms with E-state index >= 15 is 0 Å². The molecule has 194 valence electrons. The van der Waals surface area contributed by atoms with Crippen LogP contribution >= 0.6 is 0 Å². The largest absolute Gasteiger partial charge is 0.438 e. The maximum Gasteiger partial charge on any atom is 0.411 e.